The van der Waals surface area contributed by atoms with Gasteiger partial charge in [0.25, 0.3) is 0 Å². The van der Waals surface area contributed by atoms with Gasteiger partial charge in [-0.1, -0.05) is 0 Å². The van der Waals surface area contributed by atoms with E-state index in [-0.39, 0.29) is 5.78 Å². The van der Waals surface area contributed by atoms with Crippen molar-refractivity contribution in [3.05, 3.63) is 24.0 Å². The fourth-order valence-corrected chi connectivity index (χ4v) is 1.88. The number of hydrogen-bond donors (Lipinski definition) is 3. The summed E-state index contributed by atoms with van der Waals surface area (Å²) in [5.41, 5.74) is 0.687. The number of nitrogens with one attached hydrogen (secondary N) is 3. The summed E-state index contributed by atoms with van der Waals surface area (Å²) in [7, 11) is 0. The molecule has 4 nitrogen and oxygen atoms in total. The molecular formula is C11H17N3O. The van der Waals surface area contributed by atoms with E-state index in [1.807, 2.05) is 6.07 Å². The molecule has 1 aromatic rings. The maximum absolute atomic E-state index is 11.6. The van der Waals surface area contributed by atoms with Crippen molar-refractivity contribution in [1.82, 2.24) is 15.6 Å². The topological polar surface area (TPSA) is 56.9 Å². The van der Waals surface area contributed by atoms with Crippen molar-refractivity contribution in [2.24, 2.45) is 5.92 Å². The van der Waals surface area contributed by atoms with Crippen molar-refractivity contribution in [3.8, 4) is 0 Å². The minimum Gasteiger partial charge on any atom is -0.359 e. The molecule has 1 fully saturated rings. The Balaban J connectivity index is 1.67. The molecule has 0 spiro atoms. The van der Waals surface area contributed by atoms with Crippen LogP contribution in [-0.4, -0.2) is 36.9 Å². The van der Waals surface area contributed by atoms with Crippen molar-refractivity contribution in [3.63, 3.8) is 0 Å². The van der Waals surface area contributed by atoms with E-state index in [0.29, 0.717) is 18.2 Å². The van der Waals surface area contributed by atoms with Gasteiger partial charge in [-0.05, 0) is 44.1 Å². The Morgan fingerprint density at radius 2 is 2.53 bits per heavy atom. The third-order valence-electron chi connectivity index (χ3n) is 2.78. The van der Waals surface area contributed by atoms with Crippen molar-refractivity contribution in [2.45, 2.75) is 6.42 Å². The first kappa shape index (κ1) is 10.4. The highest BCUT2D eigenvalue weighted by Crippen LogP contribution is 2.05. The summed E-state index contributed by atoms with van der Waals surface area (Å²) in [6, 6.07) is 3.65. The molecule has 2 rings (SSSR count). The maximum atomic E-state index is 11.6. The number of carbonyl (C=O) groups excluding carboxylic acids is 1. The fourth-order valence-electron chi connectivity index (χ4n) is 1.88. The molecule has 1 aliphatic rings. The Kier molecular flexibility index (Phi) is 3.53. The van der Waals surface area contributed by atoms with E-state index in [9.17, 15) is 4.79 Å². The van der Waals surface area contributed by atoms with Crippen molar-refractivity contribution in [2.75, 3.05) is 26.2 Å². The molecule has 3 N–H and O–H groups in total. The predicted molar refractivity (Wildman–Crippen MR) is 59.0 cm³/mol. The number of Topliss-reactive ketones (excluding diaryl/α,β-unsaturated/α-hetero) is 1. The number of H-pyrrole nitrogens is 1. The lowest BCUT2D eigenvalue weighted by Gasteiger charge is -2.08. The van der Waals surface area contributed by atoms with Crippen LogP contribution in [0.4, 0.5) is 0 Å². The van der Waals surface area contributed by atoms with Crippen LogP contribution in [-0.2, 0) is 0 Å². The molecule has 1 aliphatic heterocycles. The molecule has 1 saturated heterocycles. The second-order valence-corrected chi connectivity index (χ2v) is 4.00. The second-order valence-electron chi connectivity index (χ2n) is 4.00. The van der Waals surface area contributed by atoms with Gasteiger partial charge in [0.15, 0.2) is 5.78 Å². The molecule has 0 bridgehead atoms. The molecule has 0 aromatic carbocycles. The average molecular weight is 207 g/mol. The first-order valence-corrected chi connectivity index (χ1v) is 5.44. The van der Waals surface area contributed by atoms with Gasteiger partial charge in [-0.3, -0.25) is 4.79 Å². The van der Waals surface area contributed by atoms with Crippen molar-refractivity contribution < 1.29 is 4.79 Å². The third-order valence-corrected chi connectivity index (χ3v) is 2.78. The van der Waals surface area contributed by atoms with E-state index in [1.54, 1.807) is 12.3 Å². The molecule has 0 aliphatic carbocycles. The van der Waals surface area contributed by atoms with E-state index in [0.717, 1.165) is 19.6 Å². The summed E-state index contributed by atoms with van der Waals surface area (Å²) in [6.45, 7) is 3.54. The average Bonchev–Trinajstić information content (AvgIpc) is 2.90. The Morgan fingerprint density at radius 3 is 3.20 bits per heavy atom. The lowest BCUT2D eigenvalue weighted by molar-refractivity contribution is 0.0986. The molecule has 0 saturated carbocycles. The van der Waals surface area contributed by atoms with Gasteiger partial charge >= 0.3 is 0 Å². The lowest BCUT2D eigenvalue weighted by atomic mass is 10.1. The highest BCUT2D eigenvalue weighted by Gasteiger charge is 2.14. The van der Waals surface area contributed by atoms with Crippen molar-refractivity contribution >= 4 is 5.78 Å². The van der Waals surface area contributed by atoms with Gasteiger partial charge in [-0.2, -0.15) is 0 Å². The zero-order valence-electron chi connectivity index (χ0n) is 8.75. The normalized spacial score (nSPS) is 20.7. The van der Waals surface area contributed by atoms with Crippen LogP contribution in [0.1, 0.15) is 16.9 Å². The van der Waals surface area contributed by atoms with Crippen molar-refractivity contribution in [1.29, 1.82) is 0 Å². The zero-order valence-corrected chi connectivity index (χ0v) is 8.75. The quantitative estimate of drug-likeness (QED) is 0.612. The van der Waals surface area contributed by atoms with Gasteiger partial charge in [-0.25, -0.2) is 0 Å². The standard InChI is InChI=1S/C11H17N3O/c15-11(10-2-1-4-14-10)8-13-7-9-3-5-12-6-9/h1-2,4,9,12-14H,3,5-8H2/t9-/m0/s1. The summed E-state index contributed by atoms with van der Waals surface area (Å²) < 4.78 is 0. The van der Waals surface area contributed by atoms with Crippen LogP contribution in [0.2, 0.25) is 0 Å². The molecule has 0 amide bonds. The molecular weight excluding hydrogens is 190 g/mol. The van der Waals surface area contributed by atoms with Crippen LogP contribution >= 0.6 is 0 Å². The molecule has 2 heterocycles. The predicted octanol–water partition coefficient (Wildman–Crippen LogP) is 0.396. The van der Waals surface area contributed by atoms with Gasteiger partial charge in [0.1, 0.15) is 0 Å². The van der Waals surface area contributed by atoms with Crippen LogP contribution < -0.4 is 10.6 Å². The Morgan fingerprint density at radius 1 is 1.60 bits per heavy atom. The van der Waals surface area contributed by atoms with E-state index < -0.39 is 0 Å². The first-order valence-electron chi connectivity index (χ1n) is 5.44. The van der Waals surface area contributed by atoms with E-state index in [1.165, 1.54) is 6.42 Å². The number of carbonyl (C=O) groups is 1. The molecule has 1 atom stereocenters. The Hall–Kier alpha value is -1.13. The van der Waals surface area contributed by atoms with Crippen LogP contribution in [0.5, 0.6) is 0 Å². The summed E-state index contributed by atoms with van der Waals surface area (Å²) in [4.78, 5) is 14.5. The van der Waals surface area contributed by atoms with Crippen LogP contribution in [0.15, 0.2) is 18.3 Å². The number of hydrogen-bond acceptors (Lipinski definition) is 3. The summed E-state index contributed by atoms with van der Waals surface area (Å²) >= 11 is 0. The number of aromatic nitrogens is 1. The number of rotatable bonds is 5. The van der Waals surface area contributed by atoms with Gasteiger partial charge in [0.2, 0.25) is 0 Å². The summed E-state index contributed by atoms with van der Waals surface area (Å²) in [5.74, 6) is 0.812. The second kappa shape index (κ2) is 5.09. The summed E-state index contributed by atoms with van der Waals surface area (Å²) in [5, 5.41) is 6.51. The van der Waals surface area contributed by atoms with Gasteiger partial charge in [0, 0.05) is 6.20 Å². The van der Waals surface area contributed by atoms with Gasteiger partial charge < -0.3 is 15.6 Å². The van der Waals surface area contributed by atoms with Gasteiger partial charge in [0.05, 0.1) is 12.2 Å². The molecule has 0 radical (unpaired) electrons. The largest absolute Gasteiger partial charge is 0.359 e. The van der Waals surface area contributed by atoms with Crippen LogP contribution in [0.3, 0.4) is 0 Å². The van der Waals surface area contributed by atoms with Crippen LogP contribution in [0, 0.1) is 5.92 Å². The first-order chi connectivity index (χ1) is 7.36. The minimum absolute atomic E-state index is 0.131. The maximum Gasteiger partial charge on any atom is 0.192 e. The van der Waals surface area contributed by atoms with E-state index >= 15 is 0 Å². The lowest BCUT2D eigenvalue weighted by Crippen LogP contribution is -2.29. The Labute approximate surface area is 89.5 Å². The fraction of sp³-hybridized carbons (Fsp3) is 0.545. The summed E-state index contributed by atoms with van der Waals surface area (Å²) in [6.07, 6.45) is 2.98. The molecule has 0 unspecified atom stereocenters. The molecule has 1 aromatic heterocycles. The molecule has 15 heavy (non-hydrogen) atoms. The monoisotopic (exact) mass is 207 g/mol. The highest BCUT2D eigenvalue weighted by molar-refractivity contribution is 5.95. The SMILES string of the molecule is O=C(CNC[C@H]1CCNC1)c1ccc[nH]1. The highest BCUT2D eigenvalue weighted by atomic mass is 16.1. The van der Waals surface area contributed by atoms with Gasteiger partial charge in [-0.15, -0.1) is 0 Å². The van der Waals surface area contributed by atoms with E-state index in [4.69, 9.17) is 0 Å². The Bertz CT molecular complexity index is 302. The molecule has 4 heteroatoms. The smallest absolute Gasteiger partial charge is 0.192 e. The minimum atomic E-state index is 0.131. The number of ketones is 1. The van der Waals surface area contributed by atoms with E-state index in [2.05, 4.69) is 15.6 Å². The van der Waals surface area contributed by atoms with Crippen LogP contribution in [0.25, 0.3) is 0 Å². The number of aromatic amines is 1. The zero-order chi connectivity index (χ0) is 10.5. The molecule has 82 valence electrons. The third kappa shape index (κ3) is 2.91.